The van der Waals surface area contributed by atoms with Crippen LogP contribution in [-0.4, -0.2) is 27.6 Å². The molecule has 0 aliphatic carbocycles. The van der Waals surface area contributed by atoms with Gasteiger partial charge in [-0.3, -0.25) is 9.59 Å². The van der Waals surface area contributed by atoms with Crippen molar-refractivity contribution in [2.75, 3.05) is 12.4 Å². The predicted octanol–water partition coefficient (Wildman–Crippen LogP) is 3.99. The summed E-state index contributed by atoms with van der Waals surface area (Å²) in [5, 5.41) is 11.5. The van der Waals surface area contributed by atoms with Crippen LogP contribution >= 0.6 is 11.3 Å². The number of fused-ring (bicyclic) bond motifs is 2. The van der Waals surface area contributed by atoms with Gasteiger partial charge in [-0.25, -0.2) is 4.98 Å². The summed E-state index contributed by atoms with van der Waals surface area (Å²) in [6.45, 7) is 0.421. The summed E-state index contributed by atoms with van der Waals surface area (Å²) in [7, 11) is 1.62. The van der Waals surface area contributed by atoms with Crippen LogP contribution in [0.1, 0.15) is 15.9 Å². The van der Waals surface area contributed by atoms with Gasteiger partial charge in [0.1, 0.15) is 5.75 Å². The Morgan fingerprint density at radius 3 is 2.55 bits per heavy atom. The lowest BCUT2D eigenvalue weighted by Crippen LogP contribution is -2.22. The molecule has 8 nitrogen and oxygen atoms in total. The highest BCUT2D eigenvalue weighted by molar-refractivity contribution is 7.20. The SMILES string of the molecule is COc1ccc(CNC(=O)c2ccc(Nc3nn4c(=O)c5ccccc5nc4s3)cc2)cc1. The second kappa shape index (κ2) is 8.71. The number of rotatable bonds is 6. The van der Waals surface area contributed by atoms with E-state index in [-0.39, 0.29) is 11.5 Å². The van der Waals surface area contributed by atoms with Crippen LogP contribution in [0.15, 0.2) is 77.6 Å². The van der Waals surface area contributed by atoms with E-state index in [4.69, 9.17) is 4.74 Å². The van der Waals surface area contributed by atoms with Gasteiger partial charge in [-0.2, -0.15) is 4.52 Å². The van der Waals surface area contributed by atoms with E-state index in [0.717, 1.165) is 17.0 Å². The Balaban J connectivity index is 1.27. The van der Waals surface area contributed by atoms with E-state index in [1.54, 1.807) is 43.5 Å². The number of benzene rings is 3. The van der Waals surface area contributed by atoms with Crippen molar-refractivity contribution in [2.45, 2.75) is 6.54 Å². The van der Waals surface area contributed by atoms with Crippen LogP contribution in [0, 0.1) is 0 Å². The first kappa shape index (κ1) is 20.7. The van der Waals surface area contributed by atoms with Gasteiger partial charge >= 0.3 is 0 Å². The number of amides is 1. The zero-order valence-electron chi connectivity index (χ0n) is 17.6. The zero-order valence-corrected chi connectivity index (χ0v) is 18.4. The monoisotopic (exact) mass is 457 g/mol. The van der Waals surface area contributed by atoms with Crippen molar-refractivity contribution in [3.8, 4) is 5.75 Å². The molecular formula is C24H19N5O3S. The normalized spacial score (nSPS) is 10.9. The number of hydrogen-bond donors (Lipinski definition) is 2. The third kappa shape index (κ3) is 4.26. The van der Waals surface area contributed by atoms with Gasteiger partial charge in [0.2, 0.25) is 10.1 Å². The van der Waals surface area contributed by atoms with Gasteiger partial charge in [0.05, 0.1) is 18.0 Å². The molecule has 3 aromatic carbocycles. The number of methoxy groups -OCH3 is 1. The average molecular weight is 458 g/mol. The number of anilines is 2. The Kier molecular flexibility index (Phi) is 5.45. The molecule has 9 heteroatoms. The summed E-state index contributed by atoms with van der Waals surface area (Å²) in [5.41, 5.74) is 2.71. The number of nitrogens with zero attached hydrogens (tertiary/aromatic N) is 3. The number of carbonyl (C=O) groups excluding carboxylic acids is 1. The van der Waals surface area contributed by atoms with Gasteiger partial charge in [0, 0.05) is 17.8 Å². The number of ether oxygens (including phenoxy) is 1. The number of nitrogens with one attached hydrogen (secondary N) is 2. The van der Waals surface area contributed by atoms with Gasteiger partial charge in [-0.15, -0.1) is 5.10 Å². The second-order valence-corrected chi connectivity index (χ2v) is 8.22. The van der Waals surface area contributed by atoms with Crippen LogP contribution in [0.3, 0.4) is 0 Å². The zero-order chi connectivity index (χ0) is 22.8. The quantitative estimate of drug-likeness (QED) is 0.400. The molecule has 164 valence electrons. The third-order valence-electron chi connectivity index (χ3n) is 5.11. The lowest BCUT2D eigenvalue weighted by Gasteiger charge is -2.07. The molecule has 2 N–H and O–H groups in total. The summed E-state index contributed by atoms with van der Waals surface area (Å²) in [5.74, 6) is 0.607. The summed E-state index contributed by atoms with van der Waals surface area (Å²) in [4.78, 5) is 30.1. The third-order valence-corrected chi connectivity index (χ3v) is 5.94. The number of para-hydroxylation sites is 1. The molecular weight excluding hydrogens is 438 g/mol. The summed E-state index contributed by atoms with van der Waals surface area (Å²) in [6.07, 6.45) is 0. The van der Waals surface area contributed by atoms with Crippen LogP contribution in [0.2, 0.25) is 0 Å². The molecule has 1 amide bonds. The van der Waals surface area contributed by atoms with Crippen molar-refractivity contribution in [2.24, 2.45) is 0 Å². The van der Waals surface area contributed by atoms with Crippen molar-refractivity contribution >= 4 is 43.9 Å². The highest BCUT2D eigenvalue weighted by Crippen LogP contribution is 2.23. The Bertz CT molecular complexity index is 1510. The van der Waals surface area contributed by atoms with E-state index in [1.165, 1.54) is 15.9 Å². The molecule has 0 unspecified atom stereocenters. The van der Waals surface area contributed by atoms with E-state index >= 15 is 0 Å². The Morgan fingerprint density at radius 1 is 1.03 bits per heavy atom. The van der Waals surface area contributed by atoms with Gasteiger partial charge in [-0.1, -0.05) is 35.6 Å². The van der Waals surface area contributed by atoms with Crippen LogP contribution in [-0.2, 0) is 6.54 Å². The second-order valence-electron chi connectivity index (χ2n) is 7.27. The molecule has 2 aromatic heterocycles. The maximum absolute atomic E-state index is 12.7. The van der Waals surface area contributed by atoms with E-state index in [9.17, 15) is 9.59 Å². The topological polar surface area (TPSA) is 97.6 Å². The number of carbonyl (C=O) groups is 1. The fraction of sp³-hybridized carbons (Fsp3) is 0.0833. The fourth-order valence-electron chi connectivity index (χ4n) is 3.36. The van der Waals surface area contributed by atoms with E-state index in [0.29, 0.717) is 33.1 Å². The van der Waals surface area contributed by atoms with E-state index in [1.807, 2.05) is 36.4 Å². The molecule has 33 heavy (non-hydrogen) atoms. The first-order valence-electron chi connectivity index (χ1n) is 10.2. The van der Waals surface area contributed by atoms with Crippen LogP contribution < -0.4 is 20.9 Å². The smallest absolute Gasteiger partial charge is 0.283 e. The molecule has 5 aromatic rings. The van der Waals surface area contributed by atoms with Crippen molar-refractivity contribution < 1.29 is 9.53 Å². The molecule has 0 aliphatic heterocycles. The van der Waals surface area contributed by atoms with Crippen molar-refractivity contribution in [3.63, 3.8) is 0 Å². The highest BCUT2D eigenvalue weighted by Gasteiger charge is 2.11. The van der Waals surface area contributed by atoms with Gasteiger partial charge in [0.25, 0.3) is 11.5 Å². The standard InChI is InChI=1S/C24H19N5O3S/c1-32-18-12-6-15(7-13-18)14-25-21(30)16-8-10-17(11-9-16)26-23-28-29-22(31)19-4-2-3-5-20(19)27-24(29)33-23/h2-13H,14H2,1H3,(H,25,30)(H,26,28). The Hall–Kier alpha value is -4.24. The highest BCUT2D eigenvalue weighted by atomic mass is 32.1. The first-order chi connectivity index (χ1) is 16.1. The van der Waals surface area contributed by atoms with Crippen molar-refractivity contribution in [1.82, 2.24) is 19.9 Å². The van der Waals surface area contributed by atoms with Crippen molar-refractivity contribution in [3.05, 3.63) is 94.3 Å². The Morgan fingerprint density at radius 2 is 1.79 bits per heavy atom. The molecule has 2 heterocycles. The van der Waals surface area contributed by atoms with Gasteiger partial charge in [-0.05, 0) is 54.1 Å². The minimum Gasteiger partial charge on any atom is -0.497 e. The van der Waals surface area contributed by atoms with Gasteiger partial charge < -0.3 is 15.4 Å². The molecule has 5 rings (SSSR count). The molecule has 0 saturated heterocycles. The first-order valence-corrected chi connectivity index (χ1v) is 11.0. The van der Waals surface area contributed by atoms with Crippen LogP contribution in [0.4, 0.5) is 10.8 Å². The van der Waals surface area contributed by atoms with Gasteiger partial charge in [0.15, 0.2) is 0 Å². The van der Waals surface area contributed by atoms with Crippen LogP contribution in [0.5, 0.6) is 5.75 Å². The minimum atomic E-state index is -0.205. The molecule has 0 bridgehead atoms. The van der Waals surface area contributed by atoms with Crippen LogP contribution in [0.25, 0.3) is 15.9 Å². The maximum atomic E-state index is 12.7. The molecule has 0 saturated carbocycles. The average Bonchev–Trinajstić information content (AvgIpc) is 3.26. The number of hydrogen-bond acceptors (Lipinski definition) is 7. The molecule has 0 radical (unpaired) electrons. The largest absolute Gasteiger partial charge is 0.497 e. The maximum Gasteiger partial charge on any atom is 0.283 e. The molecule has 0 atom stereocenters. The molecule has 0 aliphatic rings. The lowest BCUT2D eigenvalue weighted by atomic mass is 10.1. The lowest BCUT2D eigenvalue weighted by molar-refractivity contribution is 0.0951. The molecule has 0 fully saturated rings. The Labute approximate surface area is 192 Å². The van der Waals surface area contributed by atoms with E-state index in [2.05, 4.69) is 20.7 Å². The number of aromatic nitrogens is 3. The fourth-order valence-corrected chi connectivity index (χ4v) is 4.18. The van der Waals surface area contributed by atoms with E-state index < -0.39 is 0 Å². The summed E-state index contributed by atoms with van der Waals surface area (Å²) >= 11 is 1.28. The summed E-state index contributed by atoms with van der Waals surface area (Å²) < 4.78 is 6.44. The van der Waals surface area contributed by atoms with Crippen molar-refractivity contribution in [1.29, 1.82) is 0 Å². The predicted molar refractivity (Wildman–Crippen MR) is 129 cm³/mol. The molecule has 0 spiro atoms. The minimum absolute atomic E-state index is 0.167. The summed E-state index contributed by atoms with van der Waals surface area (Å²) in [6, 6.07) is 21.8.